The summed E-state index contributed by atoms with van der Waals surface area (Å²) in [7, 11) is -3.34. The summed E-state index contributed by atoms with van der Waals surface area (Å²) in [6, 6.07) is 41.0. The molecule has 4 aromatic carbocycles. The number of benzene rings is 4. The van der Waals surface area contributed by atoms with Gasteiger partial charge in [0.05, 0.1) is 19.4 Å². The van der Waals surface area contributed by atoms with E-state index in [9.17, 15) is 4.57 Å². The molecule has 4 aromatic rings. The third kappa shape index (κ3) is 7.52. The van der Waals surface area contributed by atoms with Crippen LogP contribution in [-0.4, -0.2) is 16.6 Å². The van der Waals surface area contributed by atoms with Gasteiger partial charge in [0, 0.05) is 18.6 Å². The Labute approximate surface area is 226 Å². The Morgan fingerprint density at radius 3 is 1.32 bits per heavy atom. The van der Waals surface area contributed by atoms with E-state index in [0.717, 1.165) is 43.5 Å². The zero-order valence-corrected chi connectivity index (χ0v) is 22.7. The second-order valence-corrected chi connectivity index (χ2v) is 12.3. The molecule has 0 unspecified atom stereocenters. The van der Waals surface area contributed by atoms with E-state index < -0.39 is 7.60 Å². The molecule has 0 aromatic heterocycles. The van der Waals surface area contributed by atoms with E-state index in [1.165, 1.54) is 11.1 Å². The summed E-state index contributed by atoms with van der Waals surface area (Å²) in [6.07, 6.45) is 3.34. The fraction of sp³-hybridized carbons (Fsp3) is 0.273. The molecule has 0 atom stereocenters. The Balaban J connectivity index is 1.31. The average Bonchev–Trinajstić information content (AvgIpc) is 3.77. The molecule has 196 valence electrons. The molecule has 38 heavy (non-hydrogen) atoms. The molecule has 0 bridgehead atoms. The van der Waals surface area contributed by atoms with Crippen LogP contribution >= 0.6 is 7.60 Å². The SMILES string of the molecule is O=P(CCC1(N(Cc2ccccc2)Cc2ccccc2)CC1)(OCc1ccccc1)OCc1ccccc1. The molecule has 0 spiro atoms. The van der Waals surface area contributed by atoms with Crippen molar-refractivity contribution in [2.24, 2.45) is 0 Å². The lowest BCUT2D eigenvalue weighted by Crippen LogP contribution is -2.37. The van der Waals surface area contributed by atoms with Gasteiger partial charge in [-0.1, -0.05) is 121 Å². The zero-order valence-electron chi connectivity index (χ0n) is 21.8. The van der Waals surface area contributed by atoms with E-state index in [4.69, 9.17) is 9.05 Å². The Morgan fingerprint density at radius 1 is 0.579 bits per heavy atom. The van der Waals surface area contributed by atoms with Crippen LogP contribution in [0.4, 0.5) is 0 Å². The highest BCUT2D eigenvalue weighted by Gasteiger charge is 2.48. The molecule has 5 rings (SSSR count). The van der Waals surface area contributed by atoms with Gasteiger partial charge >= 0.3 is 7.60 Å². The minimum atomic E-state index is -3.34. The van der Waals surface area contributed by atoms with Crippen LogP contribution in [0, 0.1) is 0 Å². The molecule has 0 amide bonds. The zero-order chi connectivity index (χ0) is 26.1. The summed E-state index contributed by atoms with van der Waals surface area (Å²) in [6.45, 7) is 2.26. The summed E-state index contributed by atoms with van der Waals surface area (Å²) in [5, 5.41) is 0. The predicted molar refractivity (Wildman–Crippen MR) is 154 cm³/mol. The van der Waals surface area contributed by atoms with Crippen molar-refractivity contribution in [2.75, 3.05) is 6.16 Å². The maximum absolute atomic E-state index is 14.1. The maximum atomic E-state index is 14.1. The van der Waals surface area contributed by atoms with Gasteiger partial charge in [-0.25, -0.2) is 0 Å². The Hall–Kier alpha value is -3.01. The van der Waals surface area contributed by atoms with Gasteiger partial charge in [0.2, 0.25) is 0 Å². The lowest BCUT2D eigenvalue weighted by atomic mass is 10.1. The smallest absolute Gasteiger partial charge is 0.304 e. The molecule has 1 aliphatic carbocycles. The molecule has 0 N–H and O–H groups in total. The average molecular weight is 526 g/mol. The highest BCUT2D eigenvalue weighted by atomic mass is 31.2. The molecule has 1 saturated carbocycles. The van der Waals surface area contributed by atoms with Gasteiger partial charge < -0.3 is 9.05 Å². The van der Waals surface area contributed by atoms with Crippen molar-refractivity contribution in [3.05, 3.63) is 144 Å². The number of rotatable bonds is 14. The van der Waals surface area contributed by atoms with Crippen LogP contribution in [0.1, 0.15) is 41.5 Å². The Kier molecular flexibility index (Phi) is 8.88. The van der Waals surface area contributed by atoms with Crippen LogP contribution in [0.15, 0.2) is 121 Å². The molecule has 1 fully saturated rings. The lowest BCUT2D eigenvalue weighted by molar-refractivity contribution is 0.146. The van der Waals surface area contributed by atoms with Crippen molar-refractivity contribution in [1.82, 2.24) is 4.90 Å². The van der Waals surface area contributed by atoms with Gasteiger partial charge in [-0.3, -0.25) is 9.46 Å². The van der Waals surface area contributed by atoms with Crippen molar-refractivity contribution in [2.45, 2.75) is 51.1 Å². The topological polar surface area (TPSA) is 38.8 Å². The number of hydrogen-bond donors (Lipinski definition) is 0. The lowest BCUT2D eigenvalue weighted by Gasteiger charge is -2.33. The second kappa shape index (κ2) is 12.7. The van der Waals surface area contributed by atoms with E-state index >= 15 is 0 Å². The first kappa shape index (κ1) is 26.6. The normalized spacial score (nSPS) is 14.4. The molecular formula is C33H36NO3P. The number of hydrogen-bond acceptors (Lipinski definition) is 4. The summed E-state index contributed by atoms with van der Waals surface area (Å²) in [5.41, 5.74) is 4.56. The third-order valence-corrected chi connectivity index (χ3v) is 9.14. The second-order valence-electron chi connectivity index (χ2n) is 10.2. The third-order valence-electron chi connectivity index (χ3n) is 7.32. The summed E-state index contributed by atoms with van der Waals surface area (Å²) < 4.78 is 26.3. The molecule has 0 heterocycles. The Bertz CT molecular complexity index is 1210. The first-order valence-electron chi connectivity index (χ1n) is 13.4. The van der Waals surface area contributed by atoms with Crippen LogP contribution in [-0.2, 0) is 39.9 Å². The molecule has 5 heteroatoms. The highest BCUT2D eigenvalue weighted by Crippen LogP contribution is 2.55. The highest BCUT2D eigenvalue weighted by molar-refractivity contribution is 7.53. The molecule has 0 saturated heterocycles. The van der Waals surface area contributed by atoms with Crippen LogP contribution in [0.5, 0.6) is 0 Å². The van der Waals surface area contributed by atoms with Crippen LogP contribution in [0.2, 0.25) is 0 Å². The fourth-order valence-corrected chi connectivity index (χ4v) is 6.59. The molecule has 4 nitrogen and oxygen atoms in total. The van der Waals surface area contributed by atoms with E-state index in [1.807, 2.05) is 60.7 Å². The van der Waals surface area contributed by atoms with Crippen LogP contribution < -0.4 is 0 Å². The van der Waals surface area contributed by atoms with Crippen molar-refractivity contribution in [3.63, 3.8) is 0 Å². The molecule has 0 aliphatic heterocycles. The van der Waals surface area contributed by atoms with Gasteiger partial charge in [0.15, 0.2) is 0 Å². The molecular weight excluding hydrogens is 489 g/mol. The predicted octanol–water partition coefficient (Wildman–Crippen LogP) is 8.24. The van der Waals surface area contributed by atoms with Crippen molar-refractivity contribution in [1.29, 1.82) is 0 Å². The van der Waals surface area contributed by atoms with E-state index in [-0.39, 0.29) is 18.8 Å². The minimum absolute atomic E-state index is 0.00639. The van der Waals surface area contributed by atoms with E-state index in [0.29, 0.717) is 6.16 Å². The van der Waals surface area contributed by atoms with Gasteiger partial charge in [-0.15, -0.1) is 0 Å². The standard InChI is InChI=1S/C33H36NO3P/c35-38(36-27-31-17-9-3-10-18-31,37-28-32-19-11-4-12-20-32)24-23-33(21-22-33)34(25-29-13-5-1-6-14-29)26-30-15-7-2-8-16-30/h1-20H,21-28H2. The quantitative estimate of drug-likeness (QED) is 0.155. The van der Waals surface area contributed by atoms with Crippen molar-refractivity contribution in [3.8, 4) is 0 Å². The first-order chi connectivity index (χ1) is 18.6. The Morgan fingerprint density at radius 2 is 0.947 bits per heavy atom. The monoisotopic (exact) mass is 525 g/mol. The van der Waals surface area contributed by atoms with Crippen molar-refractivity contribution < 1.29 is 13.6 Å². The molecule has 0 radical (unpaired) electrons. The number of nitrogens with zero attached hydrogens (tertiary/aromatic N) is 1. The summed E-state index contributed by atoms with van der Waals surface area (Å²) >= 11 is 0. The largest absolute Gasteiger partial charge is 0.331 e. The van der Waals surface area contributed by atoms with Gasteiger partial charge in [-0.05, 0) is 41.5 Å². The van der Waals surface area contributed by atoms with E-state index in [2.05, 4.69) is 65.6 Å². The summed E-state index contributed by atoms with van der Waals surface area (Å²) in [4.78, 5) is 2.57. The first-order valence-corrected chi connectivity index (χ1v) is 15.1. The van der Waals surface area contributed by atoms with Crippen LogP contribution in [0.25, 0.3) is 0 Å². The summed E-state index contributed by atoms with van der Waals surface area (Å²) in [5.74, 6) is 0. The molecule has 1 aliphatic rings. The van der Waals surface area contributed by atoms with Gasteiger partial charge in [0.1, 0.15) is 0 Å². The minimum Gasteiger partial charge on any atom is -0.304 e. The van der Waals surface area contributed by atoms with Crippen molar-refractivity contribution >= 4 is 7.60 Å². The van der Waals surface area contributed by atoms with Gasteiger partial charge in [0.25, 0.3) is 0 Å². The van der Waals surface area contributed by atoms with E-state index in [1.54, 1.807) is 0 Å². The fourth-order valence-electron chi connectivity index (χ4n) is 4.87. The maximum Gasteiger partial charge on any atom is 0.331 e. The van der Waals surface area contributed by atoms with Crippen LogP contribution in [0.3, 0.4) is 0 Å². The van der Waals surface area contributed by atoms with Gasteiger partial charge in [-0.2, -0.15) is 0 Å².